The van der Waals surface area contributed by atoms with Gasteiger partial charge in [-0.1, -0.05) is 24.6 Å². The van der Waals surface area contributed by atoms with Crippen molar-refractivity contribution in [2.45, 2.75) is 25.3 Å². The molecule has 2 fully saturated rings. The van der Waals surface area contributed by atoms with Crippen LogP contribution >= 0.6 is 24.8 Å². The van der Waals surface area contributed by atoms with Crippen LogP contribution in [0.25, 0.3) is 0 Å². The van der Waals surface area contributed by atoms with E-state index in [4.69, 9.17) is 4.74 Å². The van der Waals surface area contributed by atoms with Crippen LogP contribution in [0.2, 0.25) is 0 Å². The van der Waals surface area contributed by atoms with Crippen LogP contribution in [0.15, 0.2) is 24.3 Å². The summed E-state index contributed by atoms with van der Waals surface area (Å²) in [5.41, 5.74) is 1.39. The molecule has 1 aliphatic carbocycles. The summed E-state index contributed by atoms with van der Waals surface area (Å²) in [5, 5.41) is 3.45. The van der Waals surface area contributed by atoms with E-state index in [1.54, 1.807) is 7.11 Å². The SMILES string of the molecule is COc1ccccc1[C@@H](C1CCC1)N1CCNCC1.Cl.Cl. The van der Waals surface area contributed by atoms with Gasteiger partial charge in [0.2, 0.25) is 0 Å². The first-order chi connectivity index (χ1) is 9.40. The molecule has 2 aliphatic rings. The molecule has 0 bridgehead atoms. The van der Waals surface area contributed by atoms with Crippen molar-refractivity contribution in [1.82, 2.24) is 10.2 Å². The first-order valence-electron chi connectivity index (χ1n) is 7.48. The lowest BCUT2D eigenvalue weighted by atomic mass is 9.76. The van der Waals surface area contributed by atoms with Gasteiger partial charge in [-0.05, 0) is 24.8 Å². The van der Waals surface area contributed by atoms with Gasteiger partial charge in [0, 0.05) is 37.8 Å². The lowest BCUT2D eigenvalue weighted by molar-refractivity contribution is 0.0818. The lowest BCUT2D eigenvalue weighted by Gasteiger charge is -2.43. The van der Waals surface area contributed by atoms with Crippen LogP contribution in [0.4, 0.5) is 0 Å². The van der Waals surface area contributed by atoms with Crippen molar-refractivity contribution in [1.29, 1.82) is 0 Å². The molecule has 0 unspecified atom stereocenters. The van der Waals surface area contributed by atoms with Crippen molar-refractivity contribution in [2.24, 2.45) is 5.92 Å². The number of benzene rings is 1. The zero-order chi connectivity index (χ0) is 13.1. The number of rotatable bonds is 4. The molecule has 1 heterocycles. The minimum Gasteiger partial charge on any atom is -0.496 e. The summed E-state index contributed by atoms with van der Waals surface area (Å²) < 4.78 is 5.59. The summed E-state index contributed by atoms with van der Waals surface area (Å²) in [6, 6.07) is 9.11. The number of ether oxygens (including phenoxy) is 1. The van der Waals surface area contributed by atoms with E-state index in [1.807, 2.05) is 0 Å². The molecule has 1 aromatic carbocycles. The van der Waals surface area contributed by atoms with Gasteiger partial charge in [-0.15, -0.1) is 24.8 Å². The molecule has 120 valence electrons. The maximum Gasteiger partial charge on any atom is 0.123 e. The van der Waals surface area contributed by atoms with Crippen LogP contribution in [0.1, 0.15) is 30.9 Å². The van der Waals surface area contributed by atoms with Crippen LogP contribution in [0.3, 0.4) is 0 Å². The Kier molecular flexibility index (Phi) is 7.82. The monoisotopic (exact) mass is 332 g/mol. The Bertz CT molecular complexity index is 420. The standard InChI is InChI=1S/C16H24N2O.2ClH/c1-19-15-8-3-2-7-14(15)16(13-5-4-6-13)18-11-9-17-10-12-18;;/h2-3,7-8,13,16-17H,4-6,9-12H2,1H3;2*1H/t16-;;/m1../s1. The molecule has 0 spiro atoms. The number of halogens is 2. The highest BCUT2D eigenvalue weighted by Gasteiger charge is 2.34. The van der Waals surface area contributed by atoms with Crippen LogP contribution in [0.5, 0.6) is 5.75 Å². The smallest absolute Gasteiger partial charge is 0.123 e. The zero-order valence-electron chi connectivity index (χ0n) is 12.6. The minimum atomic E-state index is 0. The Morgan fingerprint density at radius 2 is 1.81 bits per heavy atom. The first kappa shape index (κ1) is 18.6. The second-order valence-electron chi connectivity index (χ2n) is 5.66. The van der Waals surface area contributed by atoms with Crippen molar-refractivity contribution in [3.8, 4) is 5.75 Å². The van der Waals surface area contributed by atoms with E-state index >= 15 is 0 Å². The van der Waals surface area contributed by atoms with Crippen molar-refractivity contribution < 1.29 is 4.74 Å². The largest absolute Gasteiger partial charge is 0.496 e. The van der Waals surface area contributed by atoms with E-state index in [9.17, 15) is 0 Å². The summed E-state index contributed by atoms with van der Waals surface area (Å²) in [7, 11) is 1.79. The number of nitrogens with zero attached hydrogens (tertiary/aromatic N) is 1. The van der Waals surface area contributed by atoms with Crippen LogP contribution in [0, 0.1) is 5.92 Å². The second-order valence-corrected chi connectivity index (χ2v) is 5.66. The molecule has 0 amide bonds. The third kappa shape index (κ3) is 4.04. The Morgan fingerprint density at radius 1 is 1.14 bits per heavy atom. The minimum absolute atomic E-state index is 0. The molecule has 21 heavy (non-hydrogen) atoms. The Morgan fingerprint density at radius 3 is 2.38 bits per heavy atom. The predicted octanol–water partition coefficient (Wildman–Crippen LogP) is 3.29. The molecule has 0 radical (unpaired) electrons. The van der Waals surface area contributed by atoms with E-state index in [-0.39, 0.29) is 24.8 Å². The Labute approximate surface area is 140 Å². The fourth-order valence-electron chi connectivity index (χ4n) is 3.38. The number of methoxy groups -OCH3 is 1. The van der Waals surface area contributed by atoms with Gasteiger partial charge >= 0.3 is 0 Å². The predicted molar refractivity (Wildman–Crippen MR) is 92.0 cm³/mol. The van der Waals surface area contributed by atoms with E-state index < -0.39 is 0 Å². The quantitative estimate of drug-likeness (QED) is 0.915. The highest BCUT2D eigenvalue weighted by molar-refractivity contribution is 5.85. The molecule has 1 atom stereocenters. The van der Waals surface area contributed by atoms with Gasteiger partial charge in [0.1, 0.15) is 5.75 Å². The highest BCUT2D eigenvalue weighted by atomic mass is 35.5. The number of hydrogen-bond donors (Lipinski definition) is 1. The van der Waals surface area contributed by atoms with Gasteiger partial charge < -0.3 is 10.1 Å². The number of para-hydroxylation sites is 1. The fraction of sp³-hybridized carbons (Fsp3) is 0.625. The molecular formula is C16H26Cl2N2O. The third-order valence-corrected chi connectivity index (χ3v) is 4.60. The molecule has 1 saturated carbocycles. The Hall–Kier alpha value is -0.480. The topological polar surface area (TPSA) is 24.5 Å². The molecule has 1 N–H and O–H groups in total. The number of hydrogen-bond acceptors (Lipinski definition) is 3. The molecular weight excluding hydrogens is 307 g/mol. The van der Waals surface area contributed by atoms with Crippen molar-refractivity contribution in [3.05, 3.63) is 29.8 Å². The van der Waals surface area contributed by atoms with E-state index in [0.717, 1.165) is 37.8 Å². The van der Waals surface area contributed by atoms with E-state index in [2.05, 4.69) is 34.5 Å². The Balaban J connectivity index is 0.00000110. The van der Waals surface area contributed by atoms with Gasteiger partial charge in [0.15, 0.2) is 0 Å². The summed E-state index contributed by atoms with van der Waals surface area (Å²) in [5.74, 6) is 1.87. The number of nitrogens with one attached hydrogen (secondary N) is 1. The van der Waals surface area contributed by atoms with Crippen molar-refractivity contribution in [2.75, 3.05) is 33.3 Å². The van der Waals surface area contributed by atoms with Crippen LogP contribution < -0.4 is 10.1 Å². The molecule has 3 nitrogen and oxygen atoms in total. The van der Waals surface area contributed by atoms with Crippen LogP contribution in [-0.4, -0.2) is 38.2 Å². The van der Waals surface area contributed by atoms with Gasteiger partial charge in [0.05, 0.1) is 7.11 Å². The van der Waals surface area contributed by atoms with Gasteiger partial charge in [-0.25, -0.2) is 0 Å². The summed E-state index contributed by atoms with van der Waals surface area (Å²) in [6.07, 6.45) is 4.13. The average Bonchev–Trinajstić information content (AvgIpc) is 2.43. The summed E-state index contributed by atoms with van der Waals surface area (Å²) >= 11 is 0. The van der Waals surface area contributed by atoms with E-state index in [1.165, 1.54) is 24.8 Å². The normalized spacial score (nSPS) is 20.6. The van der Waals surface area contributed by atoms with Gasteiger partial charge in [0.25, 0.3) is 0 Å². The average molecular weight is 333 g/mol. The molecule has 3 rings (SSSR count). The maximum atomic E-state index is 5.59. The molecule has 0 aromatic heterocycles. The fourth-order valence-corrected chi connectivity index (χ4v) is 3.38. The zero-order valence-corrected chi connectivity index (χ0v) is 14.2. The summed E-state index contributed by atoms with van der Waals surface area (Å²) in [6.45, 7) is 4.52. The van der Waals surface area contributed by atoms with E-state index in [0.29, 0.717) is 6.04 Å². The van der Waals surface area contributed by atoms with Gasteiger partial charge in [-0.2, -0.15) is 0 Å². The van der Waals surface area contributed by atoms with Crippen LogP contribution in [-0.2, 0) is 0 Å². The second kappa shape index (κ2) is 8.84. The van der Waals surface area contributed by atoms with Crippen molar-refractivity contribution >= 4 is 24.8 Å². The maximum absolute atomic E-state index is 5.59. The number of piperazine rings is 1. The molecule has 1 saturated heterocycles. The third-order valence-electron chi connectivity index (χ3n) is 4.60. The first-order valence-corrected chi connectivity index (χ1v) is 7.48. The molecule has 1 aromatic rings. The molecule has 5 heteroatoms. The van der Waals surface area contributed by atoms with Crippen molar-refractivity contribution in [3.63, 3.8) is 0 Å². The highest BCUT2D eigenvalue weighted by Crippen LogP contribution is 2.44. The lowest BCUT2D eigenvalue weighted by Crippen LogP contribution is -2.47. The molecule has 1 aliphatic heterocycles. The summed E-state index contributed by atoms with van der Waals surface area (Å²) in [4.78, 5) is 2.65. The van der Waals surface area contributed by atoms with Gasteiger partial charge in [-0.3, -0.25) is 4.90 Å².